The standard InChI is InChI=1S/C12H18N2OS/c1-10(15)11-3-4-12(13-9-11)14-5-2-7-16-8-6-14/h3-4,9-10,15H,2,5-8H2,1H3/t10-/m0/s1. The minimum atomic E-state index is -0.429. The van der Waals surface area contributed by atoms with E-state index in [9.17, 15) is 5.11 Å². The summed E-state index contributed by atoms with van der Waals surface area (Å²) in [7, 11) is 0. The Kier molecular flexibility index (Phi) is 4.07. The fourth-order valence-corrected chi connectivity index (χ4v) is 2.69. The molecule has 0 amide bonds. The summed E-state index contributed by atoms with van der Waals surface area (Å²) in [5.74, 6) is 3.47. The van der Waals surface area contributed by atoms with E-state index in [2.05, 4.69) is 9.88 Å². The summed E-state index contributed by atoms with van der Waals surface area (Å²) >= 11 is 2.01. The van der Waals surface area contributed by atoms with Gasteiger partial charge in [-0.1, -0.05) is 6.07 Å². The molecule has 0 spiro atoms. The van der Waals surface area contributed by atoms with Gasteiger partial charge in [0.05, 0.1) is 6.10 Å². The van der Waals surface area contributed by atoms with Gasteiger partial charge < -0.3 is 10.0 Å². The maximum absolute atomic E-state index is 9.41. The van der Waals surface area contributed by atoms with Gasteiger partial charge in [-0.25, -0.2) is 4.98 Å². The fraction of sp³-hybridized carbons (Fsp3) is 0.583. The number of aliphatic hydroxyl groups excluding tert-OH is 1. The molecule has 0 aliphatic carbocycles. The average Bonchev–Trinajstić information content (AvgIpc) is 2.57. The maximum atomic E-state index is 9.41. The Labute approximate surface area is 101 Å². The minimum absolute atomic E-state index is 0.429. The Morgan fingerprint density at radius 3 is 2.94 bits per heavy atom. The highest BCUT2D eigenvalue weighted by molar-refractivity contribution is 7.99. The van der Waals surface area contributed by atoms with Crippen LogP contribution < -0.4 is 4.90 Å². The van der Waals surface area contributed by atoms with E-state index >= 15 is 0 Å². The topological polar surface area (TPSA) is 36.4 Å². The molecule has 0 saturated carbocycles. The zero-order chi connectivity index (χ0) is 11.4. The highest BCUT2D eigenvalue weighted by Gasteiger charge is 2.11. The van der Waals surface area contributed by atoms with Crippen molar-refractivity contribution in [2.24, 2.45) is 0 Å². The molecule has 1 aromatic heterocycles. The van der Waals surface area contributed by atoms with Crippen molar-refractivity contribution in [3.63, 3.8) is 0 Å². The number of hydrogen-bond acceptors (Lipinski definition) is 4. The lowest BCUT2D eigenvalue weighted by Gasteiger charge is -2.21. The van der Waals surface area contributed by atoms with E-state index in [4.69, 9.17) is 0 Å². The van der Waals surface area contributed by atoms with Crippen LogP contribution in [0.3, 0.4) is 0 Å². The van der Waals surface area contributed by atoms with Gasteiger partial charge in [-0.2, -0.15) is 11.8 Å². The van der Waals surface area contributed by atoms with Crippen LogP contribution in [-0.2, 0) is 0 Å². The molecule has 1 N–H and O–H groups in total. The summed E-state index contributed by atoms with van der Waals surface area (Å²) in [5.41, 5.74) is 0.882. The predicted octanol–water partition coefficient (Wildman–Crippen LogP) is 2.08. The molecule has 0 radical (unpaired) electrons. The Morgan fingerprint density at radius 1 is 1.38 bits per heavy atom. The second-order valence-electron chi connectivity index (χ2n) is 4.08. The van der Waals surface area contributed by atoms with Gasteiger partial charge in [-0.05, 0) is 30.7 Å². The van der Waals surface area contributed by atoms with Crippen molar-refractivity contribution < 1.29 is 5.11 Å². The fourth-order valence-electron chi connectivity index (χ4n) is 1.81. The highest BCUT2D eigenvalue weighted by Crippen LogP contribution is 2.19. The smallest absolute Gasteiger partial charge is 0.128 e. The van der Waals surface area contributed by atoms with Gasteiger partial charge in [0.2, 0.25) is 0 Å². The lowest BCUT2D eigenvalue weighted by atomic mass is 10.2. The molecule has 88 valence electrons. The highest BCUT2D eigenvalue weighted by atomic mass is 32.2. The largest absolute Gasteiger partial charge is 0.389 e. The maximum Gasteiger partial charge on any atom is 0.128 e. The van der Waals surface area contributed by atoms with Crippen LogP contribution in [0.15, 0.2) is 18.3 Å². The normalized spacial score (nSPS) is 19.2. The summed E-state index contributed by atoms with van der Waals surface area (Å²) in [6, 6.07) is 3.98. The van der Waals surface area contributed by atoms with Crippen LogP contribution in [0, 0.1) is 0 Å². The SMILES string of the molecule is C[C@H](O)c1ccc(N2CCCSCC2)nc1. The minimum Gasteiger partial charge on any atom is -0.389 e. The summed E-state index contributed by atoms with van der Waals surface area (Å²) in [5, 5.41) is 9.41. The molecular formula is C12H18N2OS. The van der Waals surface area contributed by atoms with Crippen LogP contribution in [0.4, 0.5) is 5.82 Å². The Hall–Kier alpha value is -0.740. The molecule has 3 nitrogen and oxygen atoms in total. The first kappa shape index (κ1) is 11.7. The van der Waals surface area contributed by atoms with Crippen molar-refractivity contribution in [1.29, 1.82) is 0 Å². The first-order valence-electron chi connectivity index (χ1n) is 5.74. The summed E-state index contributed by atoms with van der Waals surface area (Å²) in [6.07, 6.45) is 2.57. The first-order valence-corrected chi connectivity index (χ1v) is 6.89. The molecule has 2 rings (SSSR count). The first-order chi connectivity index (χ1) is 7.77. The zero-order valence-electron chi connectivity index (χ0n) is 9.59. The van der Waals surface area contributed by atoms with Crippen molar-refractivity contribution in [1.82, 2.24) is 4.98 Å². The number of nitrogens with zero attached hydrogens (tertiary/aromatic N) is 2. The van der Waals surface area contributed by atoms with Crippen molar-refractivity contribution in [3.8, 4) is 0 Å². The number of thioether (sulfide) groups is 1. The van der Waals surface area contributed by atoms with Gasteiger partial charge in [-0.3, -0.25) is 0 Å². The molecule has 1 saturated heterocycles. The van der Waals surface area contributed by atoms with E-state index in [1.807, 2.05) is 23.9 Å². The Bertz CT molecular complexity index is 318. The second kappa shape index (κ2) is 5.55. The quantitative estimate of drug-likeness (QED) is 0.856. The molecule has 16 heavy (non-hydrogen) atoms. The number of hydrogen-bond donors (Lipinski definition) is 1. The van der Waals surface area contributed by atoms with Crippen molar-refractivity contribution in [2.45, 2.75) is 19.4 Å². The van der Waals surface area contributed by atoms with E-state index in [0.717, 1.165) is 24.5 Å². The third-order valence-electron chi connectivity index (χ3n) is 2.80. The molecule has 2 heterocycles. The van der Waals surface area contributed by atoms with Crippen molar-refractivity contribution >= 4 is 17.6 Å². The molecule has 0 bridgehead atoms. The zero-order valence-corrected chi connectivity index (χ0v) is 10.4. The molecule has 1 atom stereocenters. The van der Waals surface area contributed by atoms with Crippen LogP contribution in [0.5, 0.6) is 0 Å². The average molecular weight is 238 g/mol. The molecule has 1 aliphatic rings. The molecule has 0 unspecified atom stereocenters. The van der Waals surface area contributed by atoms with E-state index in [-0.39, 0.29) is 0 Å². The van der Waals surface area contributed by atoms with Crippen LogP contribution in [0.2, 0.25) is 0 Å². The number of anilines is 1. The molecule has 0 aromatic carbocycles. The van der Waals surface area contributed by atoms with Gasteiger partial charge in [0.1, 0.15) is 5.82 Å². The lowest BCUT2D eigenvalue weighted by Crippen LogP contribution is -2.26. The molecule has 1 fully saturated rings. The Morgan fingerprint density at radius 2 is 2.25 bits per heavy atom. The number of pyridine rings is 1. The number of aliphatic hydroxyl groups is 1. The third-order valence-corrected chi connectivity index (χ3v) is 3.85. The molecule has 4 heteroatoms. The van der Waals surface area contributed by atoms with Crippen LogP contribution in [-0.4, -0.2) is 34.7 Å². The summed E-state index contributed by atoms with van der Waals surface area (Å²) in [6.45, 7) is 3.93. The lowest BCUT2D eigenvalue weighted by molar-refractivity contribution is 0.199. The van der Waals surface area contributed by atoms with E-state index < -0.39 is 6.10 Å². The third kappa shape index (κ3) is 2.89. The predicted molar refractivity (Wildman–Crippen MR) is 69.0 cm³/mol. The van der Waals surface area contributed by atoms with Crippen LogP contribution in [0.25, 0.3) is 0 Å². The van der Waals surface area contributed by atoms with Crippen molar-refractivity contribution in [2.75, 3.05) is 29.5 Å². The molecule has 1 aromatic rings. The Balaban J connectivity index is 2.07. The monoisotopic (exact) mass is 238 g/mol. The van der Waals surface area contributed by atoms with E-state index in [0.29, 0.717) is 0 Å². The second-order valence-corrected chi connectivity index (χ2v) is 5.30. The van der Waals surface area contributed by atoms with Crippen molar-refractivity contribution in [3.05, 3.63) is 23.9 Å². The van der Waals surface area contributed by atoms with Crippen LogP contribution in [0.1, 0.15) is 25.0 Å². The number of rotatable bonds is 2. The van der Waals surface area contributed by atoms with Crippen LogP contribution >= 0.6 is 11.8 Å². The van der Waals surface area contributed by atoms with Gasteiger partial charge >= 0.3 is 0 Å². The molecular weight excluding hydrogens is 220 g/mol. The van der Waals surface area contributed by atoms with Gasteiger partial charge in [-0.15, -0.1) is 0 Å². The summed E-state index contributed by atoms with van der Waals surface area (Å²) < 4.78 is 0. The van der Waals surface area contributed by atoms with Gasteiger partial charge in [0.15, 0.2) is 0 Å². The molecule has 1 aliphatic heterocycles. The summed E-state index contributed by atoms with van der Waals surface area (Å²) in [4.78, 5) is 6.75. The van der Waals surface area contributed by atoms with Gasteiger partial charge in [0, 0.05) is 25.0 Å². The van der Waals surface area contributed by atoms with E-state index in [1.54, 1.807) is 13.1 Å². The van der Waals surface area contributed by atoms with Gasteiger partial charge in [0.25, 0.3) is 0 Å². The van der Waals surface area contributed by atoms with E-state index in [1.165, 1.54) is 17.9 Å². The number of aromatic nitrogens is 1.